The van der Waals surface area contributed by atoms with Crippen molar-refractivity contribution < 1.29 is 9.90 Å². The van der Waals surface area contributed by atoms with Crippen molar-refractivity contribution in [2.45, 2.75) is 24.5 Å². The molecular weight excluding hydrogens is 370 g/mol. The van der Waals surface area contributed by atoms with Crippen LogP contribution < -0.4 is 5.32 Å². The topological polar surface area (TPSA) is 49.3 Å². The van der Waals surface area contributed by atoms with E-state index in [1.54, 1.807) is 23.1 Å². The highest BCUT2D eigenvalue weighted by molar-refractivity contribution is 7.99. The fourth-order valence-corrected chi connectivity index (χ4v) is 4.88. The van der Waals surface area contributed by atoms with E-state index in [4.69, 9.17) is 0 Å². The van der Waals surface area contributed by atoms with Crippen LogP contribution in [0.15, 0.2) is 58.1 Å². The van der Waals surface area contributed by atoms with Crippen LogP contribution in [0.1, 0.15) is 38.7 Å². The molecule has 1 amide bonds. The Balaban J connectivity index is 1.63. The molecule has 2 heterocycles. The summed E-state index contributed by atoms with van der Waals surface area (Å²) in [5.74, 6) is 0.865. The van der Waals surface area contributed by atoms with E-state index in [1.165, 1.54) is 11.3 Å². The van der Waals surface area contributed by atoms with Crippen LogP contribution in [0, 0.1) is 0 Å². The molecule has 2 N–H and O–H groups in total. The van der Waals surface area contributed by atoms with E-state index < -0.39 is 6.10 Å². The Kier molecular flexibility index (Phi) is 6.31. The molecule has 0 aliphatic carbocycles. The maximum Gasteiger partial charge on any atom is 0.252 e. The van der Waals surface area contributed by atoms with E-state index >= 15 is 0 Å². The van der Waals surface area contributed by atoms with Gasteiger partial charge >= 0.3 is 0 Å². The molecule has 3 rings (SSSR count). The van der Waals surface area contributed by atoms with E-state index in [0.29, 0.717) is 12.1 Å². The van der Waals surface area contributed by atoms with E-state index in [-0.39, 0.29) is 5.91 Å². The molecule has 0 saturated carbocycles. The van der Waals surface area contributed by atoms with Gasteiger partial charge in [-0.2, -0.15) is 11.3 Å². The third kappa shape index (κ3) is 4.52. The minimum atomic E-state index is -0.595. The minimum absolute atomic E-state index is 0.0649. The lowest BCUT2D eigenvalue weighted by atomic mass is 10.2. The molecule has 0 aliphatic heterocycles. The Bertz CT molecular complexity index is 827. The highest BCUT2D eigenvalue weighted by atomic mass is 32.2. The van der Waals surface area contributed by atoms with Crippen LogP contribution in [0.25, 0.3) is 0 Å². The number of rotatable bonds is 7. The summed E-state index contributed by atoms with van der Waals surface area (Å²) < 4.78 is 0. The maximum atomic E-state index is 12.5. The maximum absolute atomic E-state index is 12.5. The first-order valence-corrected chi connectivity index (χ1v) is 10.7. The molecule has 0 saturated heterocycles. The van der Waals surface area contributed by atoms with Gasteiger partial charge in [0.25, 0.3) is 5.91 Å². The SMILES string of the molecule is CCSc1ccccc1C(=O)NCc1ccc([C@@H](O)c2ccsc2)s1. The largest absolute Gasteiger partial charge is 0.383 e. The monoisotopic (exact) mass is 389 g/mol. The summed E-state index contributed by atoms with van der Waals surface area (Å²) in [7, 11) is 0. The molecule has 25 heavy (non-hydrogen) atoms. The summed E-state index contributed by atoms with van der Waals surface area (Å²) in [4.78, 5) is 15.4. The summed E-state index contributed by atoms with van der Waals surface area (Å²) in [6.07, 6.45) is -0.595. The molecule has 130 valence electrons. The molecule has 1 aromatic carbocycles. The average Bonchev–Trinajstić information content (AvgIpc) is 3.32. The van der Waals surface area contributed by atoms with Gasteiger partial charge in [-0.1, -0.05) is 19.1 Å². The molecule has 6 heteroatoms. The standard InChI is InChI=1S/C19H19NO2S3/c1-2-24-16-6-4-3-5-15(16)19(22)20-11-14-7-8-17(25-14)18(21)13-9-10-23-12-13/h3-10,12,18,21H,2,11H2,1H3,(H,20,22)/t18-/m0/s1. The second-order valence-electron chi connectivity index (χ2n) is 5.38. The zero-order valence-electron chi connectivity index (χ0n) is 13.8. The smallest absolute Gasteiger partial charge is 0.252 e. The Morgan fingerprint density at radius 3 is 2.84 bits per heavy atom. The van der Waals surface area contributed by atoms with Crippen LogP contribution in [-0.4, -0.2) is 16.8 Å². The van der Waals surface area contributed by atoms with Crippen LogP contribution in [-0.2, 0) is 6.54 Å². The Hall–Kier alpha value is -1.60. The Morgan fingerprint density at radius 1 is 1.24 bits per heavy atom. The number of nitrogens with one attached hydrogen (secondary N) is 1. The zero-order valence-corrected chi connectivity index (χ0v) is 16.2. The summed E-state index contributed by atoms with van der Waals surface area (Å²) in [5, 5.41) is 17.3. The lowest BCUT2D eigenvalue weighted by Gasteiger charge is -2.08. The number of carbonyl (C=O) groups excluding carboxylic acids is 1. The van der Waals surface area contributed by atoms with Crippen molar-refractivity contribution in [2.24, 2.45) is 0 Å². The van der Waals surface area contributed by atoms with Gasteiger partial charge in [-0.25, -0.2) is 0 Å². The average molecular weight is 390 g/mol. The van der Waals surface area contributed by atoms with Crippen LogP contribution in [0.3, 0.4) is 0 Å². The van der Waals surface area contributed by atoms with Gasteiger partial charge < -0.3 is 10.4 Å². The first-order chi connectivity index (χ1) is 12.2. The fraction of sp³-hybridized carbons (Fsp3) is 0.211. The number of benzene rings is 1. The predicted molar refractivity (Wildman–Crippen MR) is 107 cm³/mol. The molecule has 0 aliphatic rings. The number of hydrogen-bond acceptors (Lipinski definition) is 5. The molecule has 3 aromatic rings. The molecule has 0 radical (unpaired) electrons. The van der Waals surface area contributed by atoms with Gasteiger partial charge in [0.05, 0.1) is 12.1 Å². The number of thioether (sulfide) groups is 1. The van der Waals surface area contributed by atoms with E-state index in [0.717, 1.165) is 26.0 Å². The van der Waals surface area contributed by atoms with Crippen molar-refractivity contribution in [1.82, 2.24) is 5.32 Å². The summed E-state index contributed by atoms with van der Waals surface area (Å²) in [6.45, 7) is 2.54. The van der Waals surface area contributed by atoms with Crippen molar-refractivity contribution >= 4 is 40.3 Å². The Labute approximate surface area is 159 Å². The summed E-state index contributed by atoms with van der Waals surface area (Å²) in [5.41, 5.74) is 1.62. The van der Waals surface area contributed by atoms with Crippen molar-refractivity contribution in [1.29, 1.82) is 0 Å². The Morgan fingerprint density at radius 2 is 2.08 bits per heavy atom. The van der Waals surface area contributed by atoms with Gasteiger partial charge in [0.2, 0.25) is 0 Å². The van der Waals surface area contributed by atoms with Gasteiger partial charge in [0.1, 0.15) is 6.10 Å². The third-order valence-electron chi connectivity index (χ3n) is 3.67. The normalized spacial score (nSPS) is 12.1. The first-order valence-electron chi connectivity index (χ1n) is 7.98. The molecule has 3 nitrogen and oxygen atoms in total. The number of carbonyl (C=O) groups is 1. The van der Waals surface area contributed by atoms with E-state index in [9.17, 15) is 9.90 Å². The molecule has 0 spiro atoms. The number of amides is 1. The van der Waals surface area contributed by atoms with Crippen molar-refractivity contribution in [3.8, 4) is 0 Å². The van der Waals surface area contributed by atoms with Crippen molar-refractivity contribution in [3.05, 3.63) is 74.1 Å². The van der Waals surface area contributed by atoms with Crippen molar-refractivity contribution in [2.75, 3.05) is 5.75 Å². The van der Waals surface area contributed by atoms with Crippen LogP contribution in [0.4, 0.5) is 0 Å². The zero-order chi connectivity index (χ0) is 17.6. The van der Waals surface area contributed by atoms with Gasteiger partial charge in [-0.3, -0.25) is 4.79 Å². The summed E-state index contributed by atoms with van der Waals surface area (Å²) in [6, 6.07) is 13.5. The fourth-order valence-electron chi connectivity index (χ4n) is 2.43. The van der Waals surface area contributed by atoms with Crippen LogP contribution in [0.2, 0.25) is 0 Å². The lowest BCUT2D eigenvalue weighted by molar-refractivity contribution is 0.0948. The first kappa shape index (κ1) is 18.2. The molecule has 0 unspecified atom stereocenters. The predicted octanol–water partition coefficient (Wildman–Crippen LogP) is 4.93. The second kappa shape index (κ2) is 8.67. The van der Waals surface area contributed by atoms with E-state index in [1.807, 2.05) is 53.2 Å². The van der Waals surface area contributed by atoms with Crippen LogP contribution in [0.5, 0.6) is 0 Å². The van der Waals surface area contributed by atoms with Gasteiger partial charge in [0, 0.05) is 14.6 Å². The quantitative estimate of drug-likeness (QED) is 0.563. The molecule has 0 bridgehead atoms. The molecular formula is C19H19NO2S3. The molecule has 2 aromatic heterocycles. The van der Waals surface area contributed by atoms with Gasteiger partial charge in [0.15, 0.2) is 0 Å². The molecule has 0 fully saturated rings. The minimum Gasteiger partial charge on any atom is -0.383 e. The summed E-state index contributed by atoms with van der Waals surface area (Å²) >= 11 is 4.77. The third-order valence-corrected chi connectivity index (χ3v) is 6.46. The number of aliphatic hydroxyl groups is 1. The van der Waals surface area contributed by atoms with Crippen LogP contribution >= 0.6 is 34.4 Å². The number of aliphatic hydroxyl groups excluding tert-OH is 1. The highest BCUT2D eigenvalue weighted by Gasteiger charge is 2.15. The lowest BCUT2D eigenvalue weighted by Crippen LogP contribution is -2.22. The second-order valence-corrected chi connectivity index (χ2v) is 8.66. The van der Waals surface area contributed by atoms with Crippen molar-refractivity contribution in [3.63, 3.8) is 0 Å². The highest BCUT2D eigenvalue weighted by Crippen LogP contribution is 2.29. The molecule has 1 atom stereocenters. The van der Waals surface area contributed by atoms with E-state index in [2.05, 4.69) is 12.2 Å². The number of hydrogen-bond donors (Lipinski definition) is 2. The number of thiophene rings is 2. The van der Waals surface area contributed by atoms with Gasteiger partial charge in [-0.05, 0) is 52.4 Å². The van der Waals surface area contributed by atoms with Gasteiger partial charge in [-0.15, -0.1) is 23.1 Å².